The van der Waals surface area contributed by atoms with Gasteiger partial charge in [0.2, 0.25) is 10.0 Å². The van der Waals surface area contributed by atoms with Gasteiger partial charge in [-0.3, -0.25) is 4.79 Å². The summed E-state index contributed by atoms with van der Waals surface area (Å²) in [7, 11) is -3.71. The largest absolute Gasteiger partial charge is 0.480 e. The molecule has 11 heteroatoms. The monoisotopic (exact) mass is 442 g/mol. The van der Waals surface area contributed by atoms with Gasteiger partial charge in [-0.05, 0) is 38.0 Å². The summed E-state index contributed by atoms with van der Waals surface area (Å²) in [6.07, 6.45) is 1.60. The summed E-state index contributed by atoms with van der Waals surface area (Å²) in [6, 6.07) is 5.48. The van der Waals surface area contributed by atoms with Gasteiger partial charge in [0.1, 0.15) is 16.4 Å². The first-order valence-electron chi connectivity index (χ1n) is 8.74. The van der Waals surface area contributed by atoms with Crippen molar-refractivity contribution in [2.24, 2.45) is 0 Å². The average molecular weight is 443 g/mol. The number of ether oxygens (including phenoxy) is 1. The van der Waals surface area contributed by atoms with Gasteiger partial charge in [-0.15, -0.1) is 0 Å². The number of amides is 1. The van der Waals surface area contributed by atoms with E-state index in [1.807, 2.05) is 0 Å². The zero-order valence-corrected chi connectivity index (χ0v) is 17.0. The molecular formula is C18H19ClN2O7S. The first-order valence-corrected chi connectivity index (χ1v) is 10.6. The van der Waals surface area contributed by atoms with E-state index in [0.29, 0.717) is 18.8 Å². The molecule has 1 aliphatic rings. The van der Waals surface area contributed by atoms with Crippen molar-refractivity contribution in [3.8, 4) is 5.75 Å². The van der Waals surface area contributed by atoms with E-state index in [0.717, 1.165) is 12.8 Å². The number of carbonyl (C=O) groups excluding carboxylic acids is 1. The van der Waals surface area contributed by atoms with Crippen LogP contribution in [0, 0.1) is 6.92 Å². The molecule has 0 bridgehead atoms. The Labute approximate surface area is 172 Å². The van der Waals surface area contributed by atoms with Gasteiger partial charge in [0.25, 0.3) is 5.91 Å². The number of carboxylic acids is 1. The standard InChI is InChI=1S/C18H19ClN2O7S/c1-11-16(29(25,26)21-6-2-3-7-21)9-15(28-11)18(24)20-12-4-5-14(13(19)8-12)27-10-17(22)23/h4-5,8-9H,2-3,6-7,10H2,1H3,(H,20,24)(H,22,23). The number of sulfonamides is 1. The van der Waals surface area contributed by atoms with Crippen molar-refractivity contribution in [2.45, 2.75) is 24.7 Å². The van der Waals surface area contributed by atoms with Gasteiger partial charge >= 0.3 is 5.97 Å². The lowest BCUT2D eigenvalue weighted by molar-refractivity contribution is -0.139. The van der Waals surface area contributed by atoms with E-state index in [2.05, 4.69) is 5.32 Å². The molecular weight excluding hydrogens is 424 g/mol. The average Bonchev–Trinajstić information content (AvgIpc) is 3.31. The molecule has 0 atom stereocenters. The number of aliphatic carboxylic acids is 1. The summed E-state index contributed by atoms with van der Waals surface area (Å²) in [5, 5.41) is 11.3. The topological polar surface area (TPSA) is 126 Å². The van der Waals surface area contributed by atoms with Crippen LogP contribution < -0.4 is 10.1 Å². The number of carbonyl (C=O) groups is 2. The van der Waals surface area contributed by atoms with Crippen molar-refractivity contribution in [3.63, 3.8) is 0 Å². The Morgan fingerprint density at radius 2 is 1.97 bits per heavy atom. The van der Waals surface area contributed by atoms with Crippen LogP contribution in [0.5, 0.6) is 5.75 Å². The maximum absolute atomic E-state index is 12.7. The van der Waals surface area contributed by atoms with Crippen LogP contribution in [0.2, 0.25) is 5.02 Å². The molecule has 0 unspecified atom stereocenters. The van der Waals surface area contributed by atoms with Crippen molar-refractivity contribution >= 4 is 39.2 Å². The molecule has 2 N–H and O–H groups in total. The van der Waals surface area contributed by atoms with Crippen molar-refractivity contribution in [1.82, 2.24) is 4.31 Å². The maximum atomic E-state index is 12.7. The maximum Gasteiger partial charge on any atom is 0.341 e. The van der Waals surface area contributed by atoms with Crippen LogP contribution >= 0.6 is 11.6 Å². The third-order valence-corrected chi connectivity index (χ3v) is 6.62. The fourth-order valence-electron chi connectivity index (χ4n) is 2.93. The van der Waals surface area contributed by atoms with Gasteiger partial charge in [-0.1, -0.05) is 11.6 Å². The zero-order chi connectivity index (χ0) is 21.2. The predicted octanol–water partition coefficient (Wildman–Crippen LogP) is 2.74. The molecule has 1 amide bonds. The van der Waals surface area contributed by atoms with Crippen LogP contribution in [0.3, 0.4) is 0 Å². The minimum absolute atomic E-state index is 0.0278. The second-order valence-electron chi connectivity index (χ2n) is 6.42. The van der Waals surface area contributed by atoms with Crippen LogP contribution in [0.25, 0.3) is 0 Å². The Bertz CT molecular complexity index is 1040. The van der Waals surface area contributed by atoms with Crippen LogP contribution in [-0.2, 0) is 14.8 Å². The molecule has 1 fully saturated rings. The number of halogens is 1. The summed E-state index contributed by atoms with van der Waals surface area (Å²) in [4.78, 5) is 23.0. The number of carboxylic acid groups (broad SMARTS) is 1. The smallest absolute Gasteiger partial charge is 0.341 e. The highest BCUT2D eigenvalue weighted by Crippen LogP contribution is 2.29. The number of hydrogen-bond acceptors (Lipinski definition) is 6. The molecule has 9 nitrogen and oxygen atoms in total. The van der Waals surface area contributed by atoms with Gasteiger partial charge in [-0.2, -0.15) is 4.31 Å². The van der Waals surface area contributed by atoms with E-state index >= 15 is 0 Å². The first-order chi connectivity index (χ1) is 13.7. The molecule has 0 aliphatic carbocycles. The second-order valence-corrected chi connectivity index (χ2v) is 8.74. The number of aryl methyl sites for hydroxylation is 1. The number of furan rings is 1. The number of nitrogens with one attached hydrogen (secondary N) is 1. The van der Waals surface area contributed by atoms with E-state index in [1.54, 1.807) is 0 Å². The van der Waals surface area contributed by atoms with Crippen molar-refractivity contribution < 1.29 is 32.3 Å². The molecule has 0 spiro atoms. The first kappa shape index (κ1) is 21.2. The van der Waals surface area contributed by atoms with E-state index in [9.17, 15) is 18.0 Å². The molecule has 0 radical (unpaired) electrons. The Morgan fingerprint density at radius 1 is 1.28 bits per heavy atom. The fraction of sp³-hybridized carbons (Fsp3) is 0.333. The summed E-state index contributed by atoms with van der Waals surface area (Å²) in [6.45, 7) is 1.84. The molecule has 1 aromatic heterocycles. The highest BCUT2D eigenvalue weighted by Gasteiger charge is 2.31. The molecule has 0 saturated carbocycles. The summed E-state index contributed by atoms with van der Waals surface area (Å²) in [5.41, 5.74) is 0.306. The second kappa shape index (κ2) is 8.44. The van der Waals surface area contributed by atoms with E-state index in [4.69, 9.17) is 25.9 Å². The van der Waals surface area contributed by atoms with Gasteiger partial charge in [0.15, 0.2) is 12.4 Å². The van der Waals surface area contributed by atoms with Gasteiger partial charge in [0.05, 0.1) is 5.02 Å². The van der Waals surface area contributed by atoms with E-state index in [1.165, 1.54) is 35.5 Å². The molecule has 156 valence electrons. The molecule has 29 heavy (non-hydrogen) atoms. The van der Waals surface area contributed by atoms with Gasteiger partial charge < -0.3 is 19.6 Å². The molecule has 1 aromatic carbocycles. The molecule has 2 heterocycles. The number of benzene rings is 1. The van der Waals surface area contributed by atoms with Crippen molar-refractivity contribution in [1.29, 1.82) is 0 Å². The number of nitrogens with zero attached hydrogens (tertiary/aromatic N) is 1. The highest BCUT2D eigenvalue weighted by atomic mass is 35.5. The number of rotatable bonds is 7. The predicted molar refractivity (Wildman–Crippen MR) is 104 cm³/mol. The lowest BCUT2D eigenvalue weighted by atomic mass is 10.3. The number of anilines is 1. The molecule has 1 saturated heterocycles. The molecule has 3 rings (SSSR count). The van der Waals surface area contributed by atoms with E-state index in [-0.39, 0.29) is 27.2 Å². The summed E-state index contributed by atoms with van der Waals surface area (Å²) in [5.74, 6) is -1.66. The lowest BCUT2D eigenvalue weighted by Crippen LogP contribution is -2.28. The van der Waals surface area contributed by atoms with E-state index < -0.39 is 28.5 Å². The lowest BCUT2D eigenvalue weighted by Gasteiger charge is -2.14. The Morgan fingerprint density at radius 3 is 2.59 bits per heavy atom. The quantitative estimate of drug-likeness (QED) is 0.675. The molecule has 1 aliphatic heterocycles. The van der Waals surface area contributed by atoms with Crippen LogP contribution in [0.15, 0.2) is 33.6 Å². The summed E-state index contributed by atoms with van der Waals surface area (Å²) < 4.78 is 37.2. The van der Waals surface area contributed by atoms with Crippen LogP contribution in [0.1, 0.15) is 29.2 Å². The van der Waals surface area contributed by atoms with Crippen LogP contribution in [0.4, 0.5) is 5.69 Å². The number of hydrogen-bond donors (Lipinski definition) is 2. The SMILES string of the molecule is Cc1oc(C(=O)Nc2ccc(OCC(=O)O)c(Cl)c2)cc1S(=O)(=O)N1CCCC1. The van der Waals surface area contributed by atoms with Crippen molar-refractivity contribution in [3.05, 3.63) is 40.8 Å². The Balaban J connectivity index is 1.75. The Hall–Kier alpha value is -2.56. The molecule has 2 aromatic rings. The highest BCUT2D eigenvalue weighted by molar-refractivity contribution is 7.89. The Kier molecular flexibility index (Phi) is 6.15. The minimum Gasteiger partial charge on any atom is -0.480 e. The van der Waals surface area contributed by atoms with Crippen molar-refractivity contribution in [2.75, 3.05) is 25.0 Å². The summed E-state index contributed by atoms with van der Waals surface area (Å²) >= 11 is 6.03. The fourth-order valence-corrected chi connectivity index (χ4v) is 4.84. The third-order valence-electron chi connectivity index (χ3n) is 4.32. The zero-order valence-electron chi connectivity index (χ0n) is 15.5. The van der Waals surface area contributed by atoms with Gasteiger partial charge in [-0.25, -0.2) is 13.2 Å². The normalized spacial score (nSPS) is 14.7. The van der Waals surface area contributed by atoms with Crippen LogP contribution in [-0.4, -0.2) is 49.4 Å². The van der Waals surface area contributed by atoms with Gasteiger partial charge in [0, 0.05) is 24.8 Å². The third kappa shape index (κ3) is 4.72. The minimum atomic E-state index is -3.71.